The van der Waals surface area contributed by atoms with Crippen molar-refractivity contribution < 1.29 is 39.8 Å². The molecule has 7 unspecified atom stereocenters. The van der Waals surface area contributed by atoms with Gasteiger partial charge in [-0.3, -0.25) is 4.79 Å². The highest BCUT2D eigenvalue weighted by atomic mass is 16.7. The van der Waals surface area contributed by atoms with Gasteiger partial charge in [0.15, 0.2) is 6.29 Å². The van der Waals surface area contributed by atoms with Crippen molar-refractivity contribution in [2.75, 3.05) is 13.2 Å². The molecule has 0 radical (unpaired) electrons. The maximum atomic E-state index is 13.0. The molecule has 1 amide bonds. The second-order valence-electron chi connectivity index (χ2n) is 22.2. The first-order valence-corrected chi connectivity index (χ1v) is 32.0. The van der Waals surface area contributed by atoms with Crippen molar-refractivity contribution in [2.45, 2.75) is 339 Å². The Bertz CT molecular complexity index is 1360. The van der Waals surface area contributed by atoms with E-state index in [9.17, 15) is 30.3 Å². The van der Waals surface area contributed by atoms with E-state index >= 15 is 0 Å². The maximum absolute atomic E-state index is 13.0. The summed E-state index contributed by atoms with van der Waals surface area (Å²) < 4.78 is 11.2. The molecule has 0 spiro atoms. The molecule has 1 heterocycles. The number of unbranched alkanes of at least 4 members (excludes halogenated alkanes) is 37. The lowest BCUT2D eigenvalue weighted by molar-refractivity contribution is -0.302. The third-order valence-corrected chi connectivity index (χ3v) is 15.1. The van der Waals surface area contributed by atoms with Crippen LogP contribution in [0.15, 0.2) is 60.8 Å². The fourth-order valence-electron chi connectivity index (χ4n) is 10.1. The predicted molar refractivity (Wildman–Crippen MR) is 318 cm³/mol. The second kappa shape index (κ2) is 55.2. The molecule has 1 aliphatic heterocycles. The number of hydrogen-bond acceptors (Lipinski definition) is 8. The lowest BCUT2D eigenvalue weighted by atomic mass is 9.99. The van der Waals surface area contributed by atoms with Crippen molar-refractivity contribution in [1.82, 2.24) is 5.32 Å². The number of amides is 1. The van der Waals surface area contributed by atoms with Gasteiger partial charge >= 0.3 is 0 Å². The van der Waals surface area contributed by atoms with Gasteiger partial charge in [0.2, 0.25) is 5.91 Å². The third-order valence-electron chi connectivity index (χ3n) is 15.1. The smallest absolute Gasteiger partial charge is 0.220 e. The molecule has 1 aliphatic rings. The van der Waals surface area contributed by atoms with Gasteiger partial charge in [0.1, 0.15) is 24.4 Å². The van der Waals surface area contributed by atoms with Crippen LogP contribution in [0.4, 0.5) is 0 Å². The molecule has 75 heavy (non-hydrogen) atoms. The second-order valence-corrected chi connectivity index (χ2v) is 22.2. The number of aliphatic hydroxyl groups excluding tert-OH is 5. The standard InChI is InChI=1S/C66H121NO8/c1-3-5-7-9-11-13-15-16-17-18-19-20-21-22-23-24-25-26-27-28-29-30-31-32-33-34-35-36-37-38-39-40-41-42-43-44-46-48-50-52-54-56-62(70)67-59(58-74-66-65(73)64(72)63(71)61(57-68)75-66)60(69)55-53-51-49-47-45-14-12-10-8-6-4-2/h5,7,11,13,16-17,19-20,53,55,59-61,63-66,68-69,71-73H,3-4,6,8-10,12,14-15,18,21-52,54,56-58H2,1-2H3,(H,67,70)/b7-5-,13-11-,17-16-,20-19-,55-53+. The zero-order chi connectivity index (χ0) is 54.3. The van der Waals surface area contributed by atoms with E-state index in [1.54, 1.807) is 6.08 Å². The molecule has 0 aromatic heterocycles. The van der Waals surface area contributed by atoms with Gasteiger partial charge in [-0.15, -0.1) is 0 Å². The first-order valence-electron chi connectivity index (χ1n) is 32.0. The summed E-state index contributed by atoms with van der Waals surface area (Å²) in [5.74, 6) is -0.174. The highest BCUT2D eigenvalue weighted by molar-refractivity contribution is 5.76. The lowest BCUT2D eigenvalue weighted by Gasteiger charge is -2.40. The molecule has 1 rings (SSSR count). The summed E-state index contributed by atoms with van der Waals surface area (Å²) in [7, 11) is 0. The molecule has 9 heteroatoms. The van der Waals surface area contributed by atoms with E-state index in [1.165, 1.54) is 212 Å². The van der Waals surface area contributed by atoms with E-state index in [1.807, 2.05) is 6.08 Å². The van der Waals surface area contributed by atoms with Gasteiger partial charge in [-0.2, -0.15) is 0 Å². The van der Waals surface area contributed by atoms with Crippen LogP contribution in [-0.2, 0) is 14.3 Å². The molecule has 7 atom stereocenters. The summed E-state index contributed by atoms with van der Waals surface area (Å²) in [5.41, 5.74) is 0. The zero-order valence-corrected chi connectivity index (χ0v) is 48.8. The Labute approximate surface area is 462 Å². The van der Waals surface area contributed by atoms with E-state index in [0.717, 1.165) is 64.2 Å². The molecular formula is C66H121NO8. The van der Waals surface area contributed by atoms with Crippen LogP contribution in [0, 0.1) is 0 Å². The van der Waals surface area contributed by atoms with E-state index in [-0.39, 0.29) is 12.5 Å². The minimum Gasteiger partial charge on any atom is -0.394 e. The normalized spacial score (nSPS) is 19.3. The van der Waals surface area contributed by atoms with Gasteiger partial charge in [-0.25, -0.2) is 0 Å². The van der Waals surface area contributed by atoms with Crippen molar-refractivity contribution in [3.63, 3.8) is 0 Å². The number of hydrogen-bond donors (Lipinski definition) is 6. The van der Waals surface area contributed by atoms with Crippen LogP contribution in [-0.4, -0.2) is 87.5 Å². The average Bonchev–Trinajstić information content (AvgIpc) is 3.41. The number of carbonyl (C=O) groups is 1. The van der Waals surface area contributed by atoms with Crippen LogP contribution in [0.25, 0.3) is 0 Å². The van der Waals surface area contributed by atoms with Crippen molar-refractivity contribution >= 4 is 5.91 Å². The van der Waals surface area contributed by atoms with Crippen LogP contribution in [0.2, 0.25) is 0 Å². The minimum absolute atomic E-state index is 0.174. The Kier molecular flexibility index (Phi) is 52.2. The molecule has 0 aromatic carbocycles. The van der Waals surface area contributed by atoms with Gasteiger partial charge in [0.05, 0.1) is 25.4 Å². The highest BCUT2D eigenvalue weighted by Gasteiger charge is 2.44. The molecule has 0 aromatic rings. The first-order chi connectivity index (χ1) is 36.8. The van der Waals surface area contributed by atoms with Gasteiger partial charge in [-0.05, 0) is 57.8 Å². The monoisotopic (exact) mass is 1060 g/mol. The van der Waals surface area contributed by atoms with Gasteiger partial charge in [0, 0.05) is 6.42 Å². The number of carbonyl (C=O) groups excluding carboxylic acids is 1. The molecule has 6 N–H and O–H groups in total. The number of rotatable bonds is 55. The van der Waals surface area contributed by atoms with Crippen molar-refractivity contribution in [3.8, 4) is 0 Å². The Morgan fingerprint density at radius 2 is 0.827 bits per heavy atom. The zero-order valence-electron chi connectivity index (χ0n) is 48.8. The highest BCUT2D eigenvalue weighted by Crippen LogP contribution is 2.23. The summed E-state index contributed by atoms with van der Waals surface area (Å²) >= 11 is 0. The van der Waals surface area contributed by atoms with Crippen LogP contribution in [0.3, 0.4) is 0 Å². The SMILES string of the molecule is CC/C=C\C/C=C\C/C=C\C/C=C\CCCCCCCCCCCCCCCCCCCCCCCCCCCCCCC(=O)NC(COC1OC(CO)C(O)C(O)C1O)C(O)/C=C/CCCCCCCCCCC. The molecular weight excluding hydrogens is 935 g/mol. The Hall–Kier alpha value is -2.11. The summed E-state index contributed by atoms with van der Waals surface area (Å²) in [6, 6.07) is -0.802. The van der Waals surface area contributed by atoms with Crippen LogP contribution >= 0.6 is 0 Å². The van der Waals surface area contributed by atoms with Gasteiger partial charge in [-0.1, -0.05) is 293 Å². The van der Waals surface area contributed by atoms with E-state index in [0.29, 0.717) is 6.42 Å². The number of nitrogens with one attached hydrogen (secondary N) is 1. The molecule has 0 saturated carbocycles. The largest absolute Gasteiger partial charge is 0.394 e. The van der Waals surface area contributed by atoms with Crippen LogP contribution in [0.1, 0.15) is 296 Å². The summed E-state index contributed by atoms with van der Waals surface area (Å²) in [5, 5.41) is 54.4. The Morgan fingerprint density at radius 3 is 1.23 bits per heavy atom. The number of ether oxygens (including phenoxy) is 2. The first kappa shape index (κ1) is 70.9. The van der Waals surface area contributed by atoms with E-state index < -0.39 is 49.5 Å². The molecule has 1 fully saturated rings. The van der Waals surface area contributed by atoms with Crippen LogP contribution < -0.4 is 5.32 Å². The van der Waals surface area contributed by atoms with Crippen molar-refractivity contribution in [1.29, 1.82) is 0 Å². The Morgan fingerprint density at radius 1 is 0.467 bits per heavy atom. The van der Waals surface area contributed by atoms with Gasteiger partial charge < -0.3 is 40.3 Å². The molecule has 1 saturated heterocycles. The van der Waals surface area contributed by atoms with Gasteiger partial charge in [0.25, 0.3) is 0 Å². The molecule has 0 bridgehead atoms. The topological polar surface area (TPSA) is 149 Å². The van der Waals surface area contributed by atoms with E-state index in [2.05, 4.69) is 67.8 Å². The van der Waals surface area contributed by atoms with Crippen molar-refractivity contribution in [2.24, 2.45) is 0 Å². The average molecular weight is 1060 g/mol. The molecule has 438 valence electrons. The fraction of sp³-hybridized carbons (Fsp3) is 0.833. The quantitative estimate of drug-likeness (QED) is 0.0261. The minimum atomic E-state index is -1.56. The van der Waals surface area contributed by atoms with Crippen LogP contribution in [0.5, 0.6) is 0 Å². The third kappa shape index (κ3) is 44.4. The number of allylic oxidation sites excluding steroid dienone is 9. The lowest BCUT2D eigenvalue weighted by Crippen LogP contribution is -2.60. The molecule has 0 aliphatic carbocycles. The summed E-state index contributed by atoms with van der Waals surface area (Å²) in [6.45, 7) is 3.66. The van der Waals surface area contributed by atoms with Crippen molar-refractivity contribution in [3.05, 3.63) is 60.8 Å². The predicted octanol–water partition coefficient (Wildman–Crippen LogP) is 16.6. The fourth-order valence-corrected chi connectivity index (χ4v) is 10.1. The maximum Gasteiger partial charge on any atom is 0.220 e. The summed E-state index contributed by atoms with van der Waals surface area (Å²) in [4.78, 5) is 13.0. The summed E-state index contributed by atoms with van der Waals surface area (Å²) in [6.07, 6.45) is 69.2. The van der Waals surface area contributed by atoms with E-state index in [4.69, 9.17) is 9.47 Å². The number of aliphatic hydroxyl groups is 5. The Balaban J connectivity index is 1.99. The molecule has 9 nitrogen and oxygen atoms in total.